The topological polar surface area (TPSA) is 52.2 Å². The summed E-state index contributed by atoms with van der Waals surface area (Å²) in [6, 6.07) is 10.8. The van der Waals surface area contributed by atoms with Crippen LogP contribution in [0.25, 0.3) is 11.0 Å². The quantitative estimate of drug-likeness (QED) is 0.700. The van der Waals surface area contributed by atoms with E-state index in [9.17, 15) is 18.0 Å². The number of nitrogens with one attached hydrogen (secondary N) is 1. The fourth-order valence-corrected chi connectivity index (χ4v) is 3.54. The number of fused-ring (bicyclic) bond motifs is 1. The number of aromatic amines is 1. The van der Waals surface area contributed by atoms with E-state index in [1.54, 1.807) is 18.5 Å². The summed E-state index contributed by atoms with van der Waals surface area (Å²) in [5.74, 6) is -0.0147. The van der Waals surface area contributed by atoms with Crippen LogP contribution in [-0.4, -0.2) is 51.9 Å². The number of carbonyl (C=O) groups is 1. The van der Waals surface area contributed by atoms with Crippen molar-refractivity contribution in [3.8, 4) is 0 Å². The highest BCUT2D eigenvalue weighted by Crippen LogP contribution is 2.29. The van der Waals surface area contributed by atoms with Gasteiger partial charge >= 0.3 is 6.18 Å². The first-order chi connectivity index (χ1) is 14.4. The van der Waals surface area contributed by atoms with Gasteiger partial charge in [0.1, 0.15) is 0 Å². The first-order valence-corrected chi connectivity index (χ1v) is 9.69. The lowest BCUT2D eigenvalue weighted by atomic mass is 10.1. The second-order valence-corrected chi connectivity index (χ2v) is 7.25. The van der Waals surface area contributed by atoms with E-state index in [1.165, 1.54) is 12.1 Å². The zero-order valence-electron chi connectivity index (χ0n) is 16.2. The lowest BCUT2D eigenvalue weighted by molar-refractivity contribution is -0.137. The normalized spacial score (nSPS) is 15.3. The molecule has 1 aliphatic rings. The molecule has 1 fully saturated rings. The van der Waals surface area contributed by atoms with Crippen molar-refractivity contribution in [3.63, 3.8) is 0 Å². The maximum atomic E-state index is 12.8. The minimum atomic E-state index is -4.33. The fraction of sp³-hybridized carbons (Fsp3) is 0.273. The molecule has 1 saturated heterocycles. The Morgan fingerprint density at radius 2 is 1.90 bits per heavy atom. The summed E-state index contributed by atoms with van der Waals surface area (Å²) in [6.07, 6.45) is 1.46. The van der Waals surface area contributed by atoms with E-state index in [-0.39, 0.29) is 5.91 Å². The minimum Gasteiger partial charge on any atom is -0.374 e. The Hall–Kier alpha value is -3.29. The Morgan fingerprint density at radius 1 is 1.10 bits per heavy atom. The molecular formula is C22H21F3N4O. The van der Waals surface area contributed by atoms with E-state index in [0.29, 0.717) is 43.7 Å². The van der Waals surface area contributed by atoms with Crippen molar-refractivity contribution in [1.29, 1.82) is 0 Å². The van der Waals surface area contributed by atoms with Gasteiger partial charge < -0.3 is 14.8 Å². The van der Waals surface area contributed by atoms with Crippen LogP contribution in [0.2, 0.25) is 0 Å². The second kappa shape index (κ2) is 8.22. The first kappa shape index (κ1) is 20.0. The van der Waals surface area contributed by atoms with E-state index in [4.69, 9.17) is 0 Å². The summed E-state index contributed by atoms with van der Waals surface area (Å²) >= 11 is 0. The number of aromatic nitrogens is 2. The number of halogens is 3. The first-order valence-electron chi connectivity index (χ1n) is 9.69. The summed E-state index contributed by atoms with van der Waals surface area (Å²) < 4.78 is 38.4. The molecule has 0 bridgehead atoms. The van der Waals surface area contributed by atoms with Crippen LogP contribution in [0.1, 0.15) is 21.5 Å². The number of alkyl halides is 3. The highest BCUT2D eigenvalue weighted by Gasteiger charge is 2.30. The van der Waals surface area contributed by atoms with Crippen LogP contribution in [0, 0.1) is 0 Å². The van der Waals surface area contributed by atoms with Crippen molar-refractivity contribution >= 4 is 16.9 Å². The molecule has 1 aliphatic heterocycles. The summed E-state index contributed by atoms with van der Waals surface area (Å²) in [5, 5.41) is 0. The van der Waals surface area contributed by atoms with Crippen molar-refractivity contribution in [2.45, 2.75) is 12.6 Å². The van der Waals surface area contributed by atoms with Crippen molar-refractivity contribution in [3.05, 3.63) is 77.8 Å². The molecule has 0 unspecified atom stereocenters. The van der Waals surface area contributed by atoms with Crippen LogP contribution < -0.4 is 0 Å². The third-order valence-electron chi connectivity index (χ3n) is 5.19. The minimum absolute atomic E-state index is 0.0147. The number of rotatable bonds is 4. The Bertz CT molecular complexity index is 1070. The molecule has 4 rings (SSSR count). The number of H-pyrrole nitrogens is 1. The van der Waals surface area contributed by atoms with Crippen molar-refractivity contribution < 1.29 is 18.0 Å². The van der Waals surface area contributed by atoms with Gasteiger partial charge in [-0.05, 0) is 42.4 Å². The van der Waals surface area contributed by atoms with E-state index < -0.39 is 11.7 Å². The Kier molecular flexibility index (Phi) is 5.48. The lowest BCUT2D eigenvalue weighted by Crippen LogP contribution is -2.46. The van der Waals surface area contributed by atoms with Crippen molar-refractivity contribution in [1.82, 2.24) is 19.8 Å². The number of carbonyl (C=O) groups excluding carboxylic acids is 1. The maximum Gasteiger partial charge on any atom is 0.416 e. The standard InChI is InChI=1S/C22H21F3N4O/c23-22(24,25)18-5-1-3-16(13-18)4-2-8-28-9-11-29(12-10-28)21(30)17-6-7-19-20(14-17)27-15-26-19/h1-3,5-8,13-15H,4,9-12H2,(H,26,27)/b8-2+. The Labute approximate surface area is 171 Å². The number of amides is 1. The highest BCUT2D eigenvalue weighted by molar-refractivity contribution is 5.97. The van der Waals surface area contributed by atoms with Gasteiger partial charge in [-0.25, -0.2) is 4.98 Å². The van der Waals surface area contributed by atoms with Gasteiger partial charge in [-0.2, -0.15) is 13.2 Å². The molecule has 8 heteroatoms. The molecule has 3 aromatic rings. The van der Waals surface area contributed by atoms with Gasteiger partial charge in [0.15, 0.2) is 0 Å². The molecule has 2 aromatic carbocycles. The maximum absolute atomic E-state index is 12.8. The van der Waals surface area contributed by atoms with Crippen LogP contribution in [0.4, 0.5) is 13.2 Å². The van der Waals surface area contributed by atoms with Gasteiger partial charge in [0, 0.05) is 31.7 Å². The van der Waals surface area contributed by atoms with E-state index in [0.717, 1.165) is 17.1 Å². The second-order valence-electron chi connectivity index (χ2n) is 7.25. The monoisotopic (exact) mass is 414 g/mol. The summed E-state index contributed by atoms with van der Waals surface area (Å²) in [5.41, 5.74) is 2.26. The molecular weight excluding hydrogens is 393 g/mol. The SMILES string of the molecule is O=C(c1ccc2nc[nH]c2c1)N1CCN(/C=C/Cc2cccc(C(F)(F)F)c2)CC1. The lowest BCUT2D eigenvalue weighted by Gasteiger charge is -2.34. The predicted octanol–water partition coefficient (Wildman–Crippen LogP) is 4.10. The van der Waals surface area contributed by atoms with Gasteiger partial charge in [-0.1, -0.05) is 24.3 Å². The zero-order chi connectivity index (χ0) is 21.1. The van der Waals surface area contributed by atoms with Crippen molar-refractivity contribution in [2.24, 2.45) is 0 Å². The van der Waals surface area contributed by atoms with Crippen molar-refractivity contribution in [2.75, 3.05) is 26.2 Å². The molecule has 1 aromatic heterocycles. The molecule has 1 amide bonds. The van der Waals surface area contributed by atoms with E-state index >= 15 is 0 Å². The molecule has 1 N–H and O–H groups in total. The average Bonchev–Trinajstić information content (AvgIpc) is 3.21. The van der Waals surface area contributed by atoms with Crippen LogP contribution in [-0.2, 0) is 12.6 Å². The number of imidazole rings is 1. The number of nitrogens with zero attached hydrogens (tertiary/aromatic N) is 3. The highest BCUT2D eigenvalue weighted by atomic mass is 19.4. The van der Waals surface area contributed by atoms with Gasteiger partial charge in [-0.15, -0.1) is 0 Å². The number of allylic oxidation sites excluding steroid dienone is 1. The smallest absolute Gasteiger partial charge is 0.374 e. The van der Waals surface area contributed by atoms with Crippen LogP contribution in [0.15, 0.2) is 61.1 Å². The third-order valence-corrected chi connectivity index (χ3v) is 5.19. The molecule has 2 heterocycles. The Balaban J connectivity index is 1.30. The summed E-state index contributed by atoms with van der Waals surface area (Å²) in [7, 11) is 0. The van der Waals surface area contributed by atoms with Crippen LogP contribution in [0.5, 0.6) is 0 Å². The average molecular weight is 414 g/mol. The third kappa shape index (κ3) is 4.48. The van der Waals surface area contributed by atoms with Gasteiger partial charge in [0.25, 0.3) is 5.91 Å². The number of hydrogen-bond donors (Lipinski definition) is 1. The number of benzene rings is 2. The molecule has 5 nitrogen and oxygen atoms in total. The summed E-state index contributed by atoms with van der Waals surface area (Å²) in [6.45, 7) is 2.54. The number of hydrogen-bond acceptors (Lipinski definition) is 3. The fourth-order valence-electron chi connectivity index (χ4n) is 3.54. The van der Waals surface area contributed by atoms with Crippen LogP contribution in [0.3, 0.4) is 0 Å². The molecule has 30 heavy (non-hydrogen) atoms. The molecule has 0 spiro atoms. The zero-order valence-corrected chi connectivity index (χ0v) is 16.2. The van der Waals surface area contributed by atoms with Crippen LogP contribution >= 0.6 is 0 Å². The van der Waals surface area contributed by atoms with E-state index in [1.807, 2.05) is 29.3 Å². The number of piperazine rings is 1. The molecule has 0 saturated carbocycles. The molecule has 0 atom stereocenters. The Morgan fingerprint density at radius 3 is 2.67 bits per heavy atom. The predicted molar refractivity (Wildman–Crippen MR) is 108 cm³/mol. The van der Waals surface area contributed by atoms with Gasteiger partial charge in [0.05, 0.1) is 22.9 Å². The molecule has 156 valence electrons. The summed E-state index contributed by atoms with van der Waals surface area (Å²) in [4.78, 5) is 23.8. The largest absolute Gasteiger partial charge is 0.416 e. The molecule has 0 radical (unpaired) electrons. The molecule has 0 aliphatic carbocycles. The van der Waals surface area contributed by atoms with E-state index in [2.05, 4.69) is 14.9 Å². The van der Waals surface area contributed by atoms with Gasteiger partial charge in [-0.3, -0.25) is 4.79 Å². The van der Waals surface area contributed by atoms with Gasteiger partial charge in [0.2, 0.25) is 0 Å².